The van der Waals surface area contributed by atoms with E-state index in [-0.39, 0.29) is 17.7 Å². The Kier molecular flexibility index (Phi) is 2.54. The Hall–Kier alpha value is -1.64. The van der Waals surface area contributed by atoms with E-state index < -0.39 is 0 Å². The maximum absolute atomic E-state index is 11.6. The first kappa shape index (κ1) is 9.90. The van der Waals surface area contributed by atoms with E-state index in [9.17, 15) is 9.59 Å². The first-order valence-corrected chi connectivity index (χ1v) is 5.07. The number of hydrogen-bond acceptors (Lipinski definition) is 2. The summed E-state index contributed by atoms with van der Waals surface area (Å²) in [6.07, 6.45) is 1.22. The maximum Gasteiger partial charge on any atom is 0.217 e. The second-order valence-electron chi connectivity index (χ2n) is 3.80. The van der Waals surface area contributed by atoms with E-state index in [1.54, 1.807) is 0 Å². The quantitative estimate of drug-likeness (QED) is 0.757. The summed E-state index contributed by atoms with van der Waals surface area (Å²) in [7, 11) is 0. The molecule has 0 heterocycles. The number of benzene rings is 1. The highest BCUT2D eigenvalue weighted by atomic mass is 16.1. The van der Waals surface area contributed by atoms with Gasteiger partial charge >= 0.3 is 0 Å². The Balaban J connectivity index is 2.36. The standard InChI is InChI=1S/C12H13NO2/c1-8(14)13-11-6-7-12(15)10-5-3-2-4-9(10)11/h2-5,11H,6-7H2,1H3,(H,13,14)/t11-/m0/s1. The fraction of sp³-hybridized carbons (Fsp3) is 0.333. The van der Waals surface area contributed by atoms with Gasteiger partial charge in [-0.25, -0.2) is 0 Å². The van der Waals surface area contributed by atoms with Crippen molar-refractivity contribution in [2.45, 2.75) is 25.8 Å². The Bertz CT molecular complexity index is 412. The van der Waals surface area contributed by atoms with Crippen LogP contribution in [-0.2, 0) is 4.79 Å². The molecular formula is C12H13NO2. The lowest BCUT2D eigenvalue weighted by Gasteiger charge is -2.24. The smallest absolute Gasteiger partial charge is 0.217 e. The van der Waals surface area contributed by atoms with Crippen molar-refractivity contribution < 1.29 is 9.59 Å². The minimum Gasteiger partial charge on any atom is -0.350 e. The molecule has 0 saturated carbocycles. The Morgan fingerprint density at radius 2 is 2.13 bits per heavy atom. The van der Waals surface area contributed by atoms with Crippen LogP contribution >= 0.6 is 0 Å². The number of carbonyl (C=O) groups is 2. The Labute approximate surface area is 88.5 Å². The fourth-order valence-electron chi connectivity index (χ4n) is 2.02. The first-order chi connectivity index (χ1) is 7.18. The fourth-order valence-corrected chi connectivity index (χ4v) is 2.02. The molecule has 1 N–H and O–H groups in total. The molecule has 0 spiro atoms. The molecule has 0 aromatic heterocycles. The third-order valence-corrected chi connectivity index (χ3v) is 2.67. The molecule has 0 bridgehead atoms. The molecule has 2 rings (SSSR count). The van der Waals surface area contributed by atoms with Crippen molar-refractivity contribution in [1.29, 1.82) is 0 Å². The van der Waals surface area contributed by atoms with Gasteiger partial charge in [0, 0.05) is 18.9 Å². The molecule has 1 amide bonds. The van der Waals surface area contributed by atoms with Gasteiger partial charge in [-0.05, 0) is 12.0 Å². The second kappa shape index (κ2) is 3.85. The third kappa shape index (κ3) is 1.91. The molecule has 15 heavy (non-hydrogen) atoms. The summed E-state index contributed by atoms with van der Waals surface area (Å²) in [6.45, 7) is 1.50. The monoisotopic (exact) mass is 203 g/mol. The van der Waals surface area contributed by atoms with Crippen molar-refractivity contribution in [3.05, 3.63) is 35.4 Å². The van der Waals surface area contributed by atoms with Gasteiger partial charge in [0.25, 0.3) is 0 Å². The molecule has 1 aromatic carbocycles. The van der Waals surface area contributed by atoms with Crippen LogP contribution in [0.5, 0.6) is 0 Å². The number of rotatable bonds is 1. The summed E-state index contributed by atoms with van der Waals surface area (Å²) < 4.78 is 0. The largest absolute Gasteiger partial charge is 0.350 e. The van der Waals surface area contributed by atoms with E-state index in [2.05, 4.69) is 5.32 Å². The zero-order chi connectivity index (χ0) is 10.8. The molecule has 3 nitrogen and oxygen atoms in total. The topological polar surface area (TPSA) is 46.2 Å². The van der Waals surface area contributed by atoms with Crippen LogP contribution in [0.25, 0.3) is 0 Å². The molecule has 0 saturated heterocycles. The minimum atomic E-state index is -0.0517. The van der Waals surface area contributed by atoms with Crippen LogP contribution in [0.15, 0.2) is 24.3 Å². The lowest BCUT2D eigenvalue weighted by atomic mass is 9.87. The summed E-state index contributed by atoms with van der Waals surface area (Å²) in [5, 5.41) is 2.87. The van der Waals surface area contributed by atoms with Gasteiger partial charge in [0.1, 0.15) is 0 Å². The van der Waals surface area contributed by atoms with Crippen molar-refractivity contribution in [2.75, 3.05) is 0 Å². The highest BCUT2D eigenvalue weighted by molar-refractivity contribution is 5.98. The average Bonchev–Trinajstić information content (AvgIpc) is 2.22. The van der Waals surface area contributed by atoms with E-state index in [1.165, 1.54) is 6.92 Å². The molecule has 0 unspecified atom stereocenters. The van der Waals surface area contributed by atoms with Gasteiger partial charge in [0.2, 0.25) is 5.91 Å². The maximum atomic E-state index is 11.6. The van der Waals surface area contributed by atoms with Crippen molar-refractivity contribution in [1.82, 2.24) is 5.32 Å². The lowest BCUT2D eigenvalue weighted by Crippen LogP contribution is -2.30. The summed E-state index contributed by atoms with van der Waals surface area (Å²) >= 11 is 0. The first-order valence-electron chi connectivity index (χ1n) is 5.07. The normalized spacial score (nSPS) is 19.5. The number of carbonyl (C=O) groups excluding carboxylic acids is 2. The molecule has 78 valence electrons. The molecule has 1 aliphatic rings. The average molecular weight is 203 g/mol. The minimum absolute atomic E-state index is 0.00333. The summed E-state index contributed by atoms with van der Waals surface area (Å²) in [4.78, 5) is 22.6. The highest BCUT2D eigenvalue weighted by Crippen LogP contribution is 2.29. The van der Waals surface area contributed by atoms with Crippen LogP contribution < -0.4 is 5.32 Å². The number of ketones is 1. The SMILES string of the molecule is CC(=O)N[C@H]1CCC(=O)c2ccccc21. The third-order valence-electron chi connectivity index (χ3n) is 2.67. The molecule has 0 aliphatic heterocycles. The highest BCUT2D eigenvalue weighted by Gasteiger charge is 2.25. The number of fused-ring (bicyclic) bond motifs is 1. The molecule has 0 radical (unpaired) electrons. The van der Waals surface area contributed by atoms with Crippen LogP contribution in [0.2, 0.25) is 0 Å². The molecule has 1 aromatic rings. The van der Waals surface area contributed by atoms with Gasteiger partial charge in [-0.15, -0.1) is 0 Å². The summed E-state index contributed by atoms with van der Waals surface area (Å²) in [5.41, 5.74) is 1.70. The Morgan fingerprint density at radius 1 is 1.40 bits per heavy atom. The van der Waals surface area contributed by atoms with Crippen LogP contribution in [0.1, 0.15) is 41.7 Å². The molecular weight excluding hydrogens is 190 g/mol. The van der Waals surface area contributed by atoms with Crippen molar-refractivity contribution in [3.8, 4) is 0 Å². The predicted molar refractivity (Wildman–Crippen MR) is 56.6 cm³/mol. The van der Waals surface area contributed by atoms with Crippen molar-refractivity contribution >= 4 is 11.7 Å². The molecule has 1 aliphatic carbocycles. The van der Waals surface area contributed by atoms with Crippen LogP contribution in [0, 0.1) is 0 Å². The lowest BCUT2D eigenvalue weighted by molar-refractivity contribution is -0.119. The van der Waals surface area contributed by atoms with E-state index in [1.807, 2.05) is 24.3 Å². The van der Waals surface area contributed by atoms with Crippen LogP contribution in [-0.4, -0.2) is 11.7 Å². The van der Waals surface area contributed by atoms with Gasteiger partial charge in [-0.3, -0.25) is 9.59 Å². The number of Topliss-reactive ketones (excluding diaryl/α,β-unsaturated/α-hetero) is 1. The van der Waals surface area contributed by atoms with E-state index >= 15 is 0 Å². The zero-order valence-corrected chi connectivity index (χ0v) is 8.62. The zero-order valence-electron chi connectivity index (χ0n) is 8.62. The number of amides is 1. The van der Waals surface area contributed by atoms with E-state index in [0.717, 1.165) is 11.1 Å². The van der Waals surface area contributed by atoms with Crippen LogP contribution in [0.4, 0.5) is 0 Å². The van der Waals surface area contributed by atoms with Gasteiger partial charge < -0.3 is 5.32 Å². The van der Waals surface area contributed by atoms with Gasteiger partial charge in [0.15, 0.2) is 5.78 Å². The predicted octanol–water partition coefficient (Wildman–Crippen LogP) is 1.84. The molecule has 1 atom stereocenters. The summed E-state index contributed by atoms with van der Waals surface area (Å²) in [5.74, 6) is 0.122. The van der Waals surface area contributed by atoms with Crippen molar-refractivity contribution in [3.63, 3.8) is 0 Å². The molecule has 3 heteroatoms. The number of hydrogen-bond donors (Lipinski definition) is 1. The van der Waals surface area contributed by atoms with Gasteiger partial charge in [0.05, 0.1) is 6.04 Å². The van der Waals surface area contributed by atoms with Crippen LogP contribution in [0.3, 0.4) is 0 Å². The number of nitrogens with one attached hydrogen (secondary N) is 1. The van der Waals surface area contributed by atoms with Crippen molar-refractivity contribution in [2.24, 2.45) is 0 Å². The van der Waals surface area contributed by atoms with E-state index in [4.69, 9.17) is 0 Å². The molecule has 0 fully saturated rings. The van der Waals surface area contributed by atoms with Gasteiger partial charge in [-0.2, -0.15) is 0 Å². The summed E-state index contributed by atoms with van der Waals surface area (Å²) in [6, 6.07) is 7.48. The van der Waals surface area contributed by atoms with Gasteiger partial charge in [-0.1, -0.05) is 24.3 Å². The van der Waals surface area contributed by atoms with E-state index in [0.29, 0.717) is 12.8 Å². The second-order valence-corrected chi connectivity index (χ2v) is 3.80. The Morgan fingerprint density at radius 3 is 2.87 bits per heavy atom.